The average molecular weight is 379 g/mol. The van der Waals surface area contributed by atoms with Gasteiger partial charge < -0.3 is 15.0 Å². The lowest BCUT2D eigenvalue weighted by molar-refractivity contribution is -0.0306. The van der Waals surface area contributed by atoms with Crippen LogP contribution in [0.25, 0.3) is 10.9 Å². The number of aromatic nitrogens is 1. The highest BCUT2D eigenvalue weighted by Crippen LogP contribution is 2.34. The van der Waals surface area contributed by atoms with Crippen molar-refractivity contribution in [1.82, 2.24) is 15.2 Å². The molecule has 1 spiro atoms. The van der Waals surface area contributed by atoms with Crippen LogP contribution in [-0.4, -0.2) is 34.6 Å². The van der Waals surface area contributed by atoms with Gasteiger partial charge in [-0.25, -0.2) is 4.39 Å². The fraction of sp³-hybridized carbons (Fsp3) is 0.318. The molecule has 2 aromatic carbocycles. The molecular weight excluding hydrogens is 357 g/mol. The Kier molecular flexibility index (Phi) is 3.91. The highest BCUT2D eigenvalue weighted by atomic mass is 19.1. The maximum absolute atomic E-state index is 13.6. The van der Waals surface area contributed by atoms with Crippen molar-refractivity contribution in [3.05, 3.63) is 65.1 Å². The van der Waals surface area contributed by atoms with E-state index in [1.807, 2.05) is 25.1 Å². The molecule has 2 aliphatic rings. The molecule has 0 aliphatic carbocycles. The van der Waals surface area contributed by atoms with Crippen LogP contribution in [0.3, 0.4) is 0 Å². The number of nitrogens with zero attached hydrogens (tertiary/aromatic N) is 1. The second-order valence-electron chi connectivity index (χ2n) is 7.74. The minimum Gasteiger partial charge on any atom is -0.467 e. The largest absolute Gasteiger partial charge is 0.467 e. The third kappa shape index (κ3) is 2.85. The molecule has 0 saturated carbocycles. The first-order valence-electron chi connectivity index (χ1n) is 9.63. The molecule has 2 N–H and O–H groups in total. The van der Waals surface area contributed by atoms with Crippen LogP contribution in [0.1, 0.15) is 34.5 Å². The summed E-state index contributed by atoms with van der Waals surface area (Å²) in [4.78, 5) is 18.2. The van der Waals surface area contributed by atoms with Crippen LogP contribution in [0.15, 0.2) is 42.5 Å². The first-order valence-corrected chi connectivity index (χ1v) is 9.63. The molecule has 3 heterocycles. The van der Waals surface area contributed by atoms with E-state index in [4.69, 9.17) is 4.74 Å². The minimum atomic E-state index is -0.624. The van der Waals surface area contributed by atoms with Gasteiger partial charge in [-0.3, -0.25) is 9.69 Å². The summed E-state index contributed by atoms with van der Waals surface area (Å²) >= 11 is 0. The van der Waals surface area contributed by atoms with E-state index in [9.17, 15) is 9.18 Å². The van der Waals surface area contributed by atoms with Gasteiger partial charge in [0.1, 0.15) is 11.6 Å². The number of piperidine rings is 1. The van der Waals surface area contributed by atoms with Crippen LogP contribution in [0.5, 0.6) is 5.75 Å². The van der Waals surface area contributed by atoms with E-state index in [1.165, 1.54) is 6.07 Å². The predicted molar refractivity (Wildman–Crippen MR) is 105 cm³/mol. The number of aryl methyl sites for hydroxylation is 1. The molecular formula is C22H22FN3O2. The third-order valence-electron chi connectivity index (χ3n) is 5.95. The molecule has 0 bridgehead atoms. The van der Waals surface area contributed by atoms with Crippen molar-refractivity contribution < 1.29 is 13.9 Å². The highest BCUT2D eigenvalue weighted by molar-refractivity contribution is 5.98. The fourth-order valence-corrected chi connectivity index (χ4v) is 4.29. The SMILES string of the molecule is Cc1c(CN2CCC3(CC2)NC(=O)c2ccccc2O3)[nH]c2ccc(F)cc12. The lowest BCUT2D eigenvalue weighted by Crippen LogP contribution is -2.60. The molecule has 6 heteroatoms. The molecule has 28 heavy (non-hydrogen) atoms. The topological polar surface area (TPSA) is 57.4 Å². The molecule has 1 aromatic heterocycles. The van der Waals surface area contributed by atoms with E-state index in [2.05, 4.69) is 15.2 Å². The van der Waals surface area contributed by atoms with Gasteiger partial charge in [-0.2, -0.15) is 0 Å². The van der Waals surface area contributed by atoms with Crippen LogP contribution >= 0.6 is 0 Å². The van der Waals surface area contributed by atoms with Gasteiger partial charge in [-0.05, 0) is 42.8 Å². The second-order valence-corrected chi connectivity index (χ2v) is 7.74. The molecule has 0 radical (unpaired) electrons. The van der Waals surface area contributed by atoms with E-state index in [1.54, 1.807) is 18.2 Å². The van der Waals surface area contributed by atoms with E-state index in [-0.39, 0.29) is 11.7 Å². The Bertz CT molecular complexity index is 1070. The molecule has 144 valence electrons. The first kappa shape index (κ1) is 17.3. The summed E-state index contributed by atoms with van der Waals surface area (Å²) in [7, 11) is 0. The summed E-state index contributed by atoms with van der Waals surface area (Å²) < 4.78 is 19.8. The van der Waals surface area contributed by atoms with Crippen molar-refractivity contribution in [3.63, 3.8) is 0 Å². The zero-order valence-electron chi connectivity index (χ0n) is 15.7. The number of rotatable bonds is 2. The molecule has 1 saturated heterocycles. The number of aromatic amines is 1. The summed E-state index contributed by atoms with van der Waals surface area (Å²) in [6.45, 7) is 4.42. The number of para-hydroxylation sites is 1. The Hall–Kier alpha value is -2.86. The van der Waals surface area contributed by atoms with E-state index in [0.29, 0.717) is 11.3 Å². The number of carbonyl (C=O) groups is 1. The lowest BCUT2D eigenvalue weighted by Gasteiger charge is -2.44. The van der Waals surface area contributed by atoms with Gasteiger partial charge in [-0.15, -0.1) is 0 Å². The number of hydrogen-bond donors (Lipinski definition) is 2. The van der Waals surface area contributed by atoms with Gasteiger partial charge in [0.25, 0.3) is 5.91 Å². The van der Waals surface area contributed by atoms with Crippen LogP contribution in [0.2, 0.25) is 0 Å². The molecule has 2 aliphatic heterocycles. The number of fused-ring (bicyclic) bond motifs is 2. The first-order chi connectivity index (χ1) is 13.5. The predicted octanol–water partition coefficient (Wildman–Crippen LogP) is 3.73. The monoisotopic (exact) mass is 379 g/mol. The zero-order chi connectivity index (χ0) is 19.3. The molecule has 0 unspecified atom stereocenters. The second kappa shape index (κ2) is 6.34. The Balaban J connectivity index is 1.31. The van der Waals surface area contributed by atoms with E-state index in [0.717, 1.165) is 54.6 Å². The maximum atomic E-state index is 13.6. The minimum absolute atomic E-state index is 0.0659. The van der Waals surface area contributed by atoms with E-state index < -0.39 is 5.72 Å². The summed E-state index contributed by atoms with van der Waals surface area (Å²) in [5.41, 5.74) is 3.13. The Morgan fingerprint density at radius 2 is 1.96 bits per heavy atom. The van der Waals surface area contributed by atoms with Gasteiger partial charge >= 0.3 is 0 Å². The van der Waals surface area contributed by atoms with Crippen molar-refractivity contribution in [1.29, 1.82) is 0 Å². The summed E-state index contributed by atoms with van der Waals surface area (Å²) in [5.74, 6) is 0.378. The summed E-state index contributed by atoms with van der Waals surface area (Å²) in [5, 5.41) is 4.01. The van der Waals surface area contributed by atoms with Crippen molar-refractivity contribution in [2.75, 3.05) is 13.1 Å². The normalized spacial score (nSPS) is 18.7. The average Bonchev–Trinajstić information content (AvgIpc) is 2.99. The maximum Gasteiger partial charge on any atom is 0.258 e. The van der Waals surface area contributed by atoms with Crippen molar-refractivity contribution in [2.24, 2.45) is 0 Å². The quantitative estimate of drug-likeness (QED) is 0.713. The van der Waals surface area contributed by atoms with Gasteiger partial charge in [-0.1, -0.05) is 12.1 Å². The fourth-order valence-electron chi connectivity index (χ4n) is 4.29. The number of H-pyrrole nitrogens is 1. The van der Waals surface area contributed by atoms with Gasteiger partial charge in [0.05, 0.1) is 5.56 Å². The highest BCUT2D eigenvalue weighted by Gasteiger charge is 2.42. The molecule has 1 fully saturated rings. The number of likely N-dealkylation sites (tertiary alicyclic amines) is 1. The Labute approximate surface area is 162 Å². The number of benzene rings is 2. The van der Waals surface area contributed by atoms with Crippen LogP contribution in [0, 0.1) is 12.7 Å². The molecule has 1 amide bonds. The number of amides is 1. The van der Waals surface area contributed by atoms with Crippen molar-refractivity contribution >= 4 is 16.8 Å². The smallest absolute Gasteiger partial charge is 0.258 e. The number of carbonyl (C=O) groups excluding carboxylic acids is 1. The van der Waals surface area contributed by atoms with Gasteiger partial charge in [0, 0.05) is 49.1 Å². The number of halogens is 1. The Morgan fingerprint density at radius 1 is 1.18 bits per heavy atom. The number of nitrogens with one attached hydrogen (secondary N) is 2. The summed E-state index contributed by atoms with van der Waals surface area (Å²) in [6, 6.07) is 12.2. The summed E-state index contributed by atoms with van der Waals surface area (Å²) in [6.07, 6.45) is 1.45. The molecule has 0 atom stereocenters. The molecule has 5 rings (SSSR count). The van der Waals surface area contributed by atoms with Crippen molar-refractivity contribution in [2.45, 2.75) is 32.0 Å². The van der Waals surface area contributed by atoms with Gasteiger partial charge in [0.2, 0.25) is 0 Å². The van der Waals surface area contributed by atoms with E-state index >= 15 is 0 Å². The van der Waals surface area contributed by atoms with Crippen molar-refractivity contribution in [3.8, 4) is 5.75 Å². The molecule has 3 aromatic rings. The van der Waals surface area contributed by atoms with Crippen LogP contribution in [0.4, 0.5) is 4.39 Å². The van der Waals surface area contributed by atoms with Crippen LogP contribution < -0.4 is 10.1 Å². The number of ether oxygens (including phenoxy) is 1. The molecule has 5 nitrogen and oxygen atoms in total. The van der Waals surface area contributed by atoms with Gasteiger partial charge in [0.15, 0.2) is 5.72 Å². The number of hydrogen-bond acceptors (Lipinski definition) is 3. The van der Waals surface area contributed by atoms with Crippen LogP contribution in [-0.2, 0) is 6.54 Å². The lowest BCUT2D eigenvalue weighted by atomic mass is 9.96. The Morgan fingerprint density at radius 3 is 2.79 bits per heavy atom. The standard InChI is InChI=1S/C22H22FN3O2/c1-14-17-12-15(23)6-7-18(17)24-19(14)13-26-10-8-22(9-11-26)25-21(27)16-4-2-3-5-20(16)28-22/h2-7,12,24H,8-11,13H2,1H3,(H,25,27). The third-order valence-corrected chi connectivity index (χ3v) is 5.95. The zero-order valence-corrected chi connectivity index (χ0v) is 15.7.